The number of hydrogen-bond donors (Lipinski definition) is 0. The van der Waals surface area contributed by atoms with Crippen molar-refractivity contribution in [2.45, 2.75) is 0 Å². The molecule has 2 rings (SSSR count). The Bertz CT molecular complexity index is 607. The molecule has 0 amide bonds. The van der Waals surface area contributed by atoms with E-state index in [1.54, 1.807) is 12.1 Å². The fourth-order valence-electron chi connectivity index (χ4n) is 1.43. The first-order valence-electron chi connectivity index (χ1n) is 5.55. The molecule has 96 valence electrons. The van der Waals surface area contributed by atoms with E-state index in [1.807, 2.05) is 42.5 Å². The van der Waals surface area contributed by atoms with E-state index in [1.165, 1.54) is 6.08 Å². The van der Waals surface area contributed by atoms with Gasteiger partial charge in [0.1, 0.15) is 5.75 Å². The summed E-state index contributed by atoms with van der Waals surface area (Å²) in [7, 11) is 0. The highest BCUT2D eigenvalue weighted by molar-refractivity contribution is 9.11. The number of carbonyl (C=O) groups is 1. The lowest BCUT2D eigenvalue weighted by atomic mass is 10.2. The fourth-order valence-corrected chi connectivity index (χ4v) is 2.56. The van der Waals surface area contributed by atoms with Crippen molar-refractivity contribution < 1.29 is 9.53 Å². The normalized spacial score (nSPS) is 10.6. The quantitative estimate of drug-likeness (QED) is 0.432. The van der Waals surface area contributed by atoms with E-state index < -0.39 is 5.97 Å². The maximum Gasteiger partial charge on any atom is 0.336 e. The monoisotopic (exact) mass is 380 g/mol. The Balaban J connectivity index is 2.04. The molecular formula is C15H10Br2O2. The van der Waals surface area contributed by atoms with Crippen molar-refractivity contribution in [3.05, 3.63) is 69.1 Å². The van der Waals surface area contributed by atoms with Gasteiger partial charge in [0.15, 0.2) is 0 Å². The third-order valence-corrected chi connectivity index (χ3v) is 3.43. The summed E-state index contributed by atoms with van der Waals surface area (Å²) in [5, 5.41) is 0. The molecule has 0 atom stereocenters. The Kier molecular flexibility index (Phi) is 4.93. The molecule has 0 aromatic heterocycles. The van der Waals surface area contributed by atoms with Crippen LogP contribution in [0.25, 0.3) is 6.08 Å². The molecule has 0 unspecified atom stereocenters. The van der Waals surface area contributed by atoms with Crippen molar-refractivity contribution in [1.82, 2.24) is 0 Å². The first kappa shape index (κ1) is 14.0. The average Bonchev–Trinajstić information content (AvgIpc) is 2.41. The Labute approximate surface area is 128 Å². The van der Waals surface area contributed by atoms with Gasteiger partial charge in [-0.25, -0.2) is 4.79 Å². The van der Waals surface area contributed by atoms with Crippen molar-refractivity contribution in [3.8, 4) is 5.75 Å². The minimum Gasteiger partial charge on any atom is -0.422 e. The lowest BCUT2D eigenvalue weighted by Crippen LogP contribution is -2.04. The number of ether oxygens (including phenoxy) is 1. The second kappa shape index (κ2) is 6.68. The Morgan fingerprint density at radius 2 is 1.79 bits per heavy atom. The van der Waals surface area contributed by atoms with Gasteiger partial charge >= 0.3 is 5.97 Å². The predicted octanol–water partition coefficient (Wildman–Crippen LogP) is 4.83. The number of rotatable bonds is 3. The van der Waals surface area contributed by atoms with Crippen LogP contribution in [0.4, 0.5) is 0 Å². The van der Waals surface area contributed by atoms with Gasteiger partial charge in [0, 0.05) is 10.5 Å². The van der Waals surface area contributed by atoms with Gasteiger partial charge in [-0.15, -0.1) is 0 Å². The zero-order chi connectivity index (χ0) is 13.7. The van der Waals surface area contributed by atoms with E-state index in [0.29, 0.717) is 5.75 Å². The molecule has 0 aliphatic heterocycles. The summed E-state index contributed by atoms with van der Waals surface area (Å²) in [6.07, 6.45) is 3.12. The van der Waals surface area contributed by atoms with Gasteiger partial charge < -0.3 is 4.74 Å². The molecule has 19 heavy (non-hydrogen) atoms. The summed E-state index contributed by atoms with van der Waals surface area (Å²) < 4.78 is 6.87. The zero-order valence-electron chi connectivity index (χ0n) is 9.85. The van der Waals surface area contributed by atoms with Crippen molar-refractivity contribution in [3.63, 3.8) is 0 Å². The van der Waals surface area contributed by atoms with Gasteiger partial charge in [-0.2, -0.15) is 0 Å². The van der Waals surface area contributed by atoms with Gasteiger partial charge in [0.25, 0.3) is 0 Å². The molecule has 0 radical (unpaired) electrons. The number of benzene rings is 2. The van der Waals surface area contributed by atoms with E-state index in [0.717, 1.165) is 14.5 Å². The second-order valence-electron chi connectivity index (χ2n) is 3.74. The lowest BCUT2D eigenvalue weighted by molar-refractivity contribution is -0.128. The van der Waals surface area contributed by atoms with Crippen molar-refractivity contribution in [2.24, 2.45) is 0 Å². The zero-order valence-corrected chi connectivity index (χ0v) is 13.0. The number of hydrogen-bond acceptors (Lipinski definition) is 2. The topological polar surface area (TPSA) is 26.3 Å². The van der Waals surface area contributed by atoms with Gasteiger partial charge in [0.05, 0.1) is 4.47 Å². The molecule has 0 spiro atoms. The van der Waals surface area contributed by atoms with Gasteiger partial charge in [-0.1, -0.05) is 46.3 Å². The predicted molar refractivity (Wildman–Crippen MR) is 83.0 cm³/mol. The van der Waals surface area contributed by atoms with Gasteiger partial charge in [-0.3, -0.25) is 0 Å². The largest absolute Gasteiger partial charge is 0.422 e. The molecule has 0 bridgehead atoms. The number of halogens is 2. The summed E-state index contributed by atoms with van der Waals surface area (Å²) in [5.41, 5.74) is 0.953. The summed E-state index contributed by atoms with van der Waals surface area (Å²) in [6, 6.07) is 14.9. The highest BCUT2D eigenvalue weighted by Crippen LogP contribution is 2.28. The molecule has 0 N–H and O–H groups in total. The molecule has 4 heteroatoms. The van der Waals surface area contributed by atoms with Crippen LogP contribution in [-0.4, -0.2) is 5.97 Å². The maximum atomic E-state index is 11.7. The molecule has 2 nitrogen and oxygen atoms in total. The standard InChI is InChI=1S/C15H10Br2O2/c16-12-7-8-14(13(17)10-12)19-15(18)9-6-11-4-2-1-3-5-11/h1-10H. The summed E-state index contributed by atoms with van der Waals surface area (Å²) >= 11 is 6.68. The number of esters is 1. The molecule has 0 saturated heterocycles. The highest BCUT2D eigenvalue weighted by atomic mass is 79.9. The van der Waals surface area contributed by atoms with E-state index in [-0.39, 0.29) is 0 Å². The molecule has 0 heterocycles. The minimum atomic E-state index is -0.410. The Morgan fingerprint density at radius 1 is 1.05 bits per heavy atom. The summed E-state index contributed by atoms with van der Waals surface area (Å²) in [4.78, 5) is 11.7. The smallest absolute Gasteiger partial charge is 0.336 e. The fraction of sp³-hybridized carbons (Fsp3) is 0. The third kappa shape index (κ3) is 4.33. The van der Waals surface area contributed by atoms with E-state index in [2.05, 4.69) is 31.9 Å². The molecule has 2 aromatic carbocycles. The Hall–Kier alpha value is -1.39. The SMILES string of the molecule is O=C(C=Cc1ccccc1)Oc1ccc(Br)cc1Br. The average molecular weight is 382 g/mol. The van der Waals surface area contributed by atoms with Crippen LogP contribution in [0.15, 0.2) is 63.6 Å². The van der Waals surface area contributed by atoms with Crippen molar-refractivity contribution in [1.29, 1.82) is 0 Å². The highest BCUT2D eigenvalue weighted by Gasteiger charge is 2.05. The van der Waals surface area contributed by atoms with Crippen molar-refractivity contribution in [2.75, 3.05) is 0 Å². The Morgan fingerprint density at radius 3 is 2.47 bits per heavy atom. The van der Waals surface area contributed by atoms with Crippen LogP contribution in [-0.2, 0) is 4.79 Å². The van der Waals surface area contributed by atoms with Crippen LogP contribution < -0.4 is 4.74 Å². The molecule has 2 aromatic rings. The maximum absolute atomic E-state index is 11.7. The van der Waals surface area contributed by atoms with Crippen molar-refractivity contribution >= 4 is 43.9 Å². The minimum absolute atomic E-state index is 0.410. The lowest BCUT2D eigenvalue weighted by Gasteiger charge is -2.04. The summed E-state index contributed by atoms with van der Waals surface area (Å²) in [6.45, 7) is 0. The van der Waals surface area contributed by atoms with Crippen LogP contribution in [0.1, 0.15) is 5.56 Å². The first-order chi connectivity index (χ1) is 9.15. The molecule has 0 aliphatic carbocycles. The molecular weight excluding hydrogens is 372 g/mol. The summed E-state index contributed by atoms with van der Waals surface area (Å²) in [5.74, 6) is 0.0813. The van der Waals surface area contributed by atoms with Crippen LogP contribution in [0, 0.1) is 0 Å². The van der Waals surface area contributed by atoms with Crippen LogP contribution in [0.3, 0.4) is 0 Å². The van der Waals surface area contributed by atoms with E-state index in [9.17, 15) is 4.79 Å². The van der Waals surface area contributed by atoms with Gasteiger partial charge in [-0.05, 0) is 45.8 Å². The first-order valence-corrected chi connectivity index (χ1v) is 7.14. The molecule has 0 aliphatic rings. The van der Waals surface area contributed by atoms with Crippen LogP contribution in [0.5, 0.6) is 5.75 Å². The second-order valence-corrected chi connectivity index (χ2v) is 5.51. The third-order valence-electron chi connectivity index (χ3n) is 2.32. The van der Waals surface area contributed by atoms with E-state index >= 15 is 0 Å². The van der Waals surface area contributed by atoms with E-state index in [4.69, 9.17) is 4.74 Å². The molecule has 0 saturated carbocycles. The molecule has 0 fully saturated rings. The van der Waals surface area contributed by atoms with Gasteiger partial charge in [0.2, 0.25) is 0 Å². The van der Waals surface area contributed by atoms with Crippen LogP contribution >= 0.6 is 31.9 Å². The number of carbonyl (C=O) groups excluding carboxylic acids is 1. The van der Waals surface area contributed by atoms with Crippen LogP contribution in [0.2, 0.25) is 0 Å².